The number of nitrogens with two attached hydrogens (primary N) is 2. The van der Waals surface area contributed by atoms with Gasteiger partial charge >= 0.3 is 12.2 Å². The van der Waals surface area contributed by atoms with Gasteiger partial charge in [0.2, 0.25) is 0 Å². The Hall–Kier alpha value is -6.21. The molecule has 0 aliphatic heterocycles. The first-order valence-electron chi connectivity index (χ1n) is 17.4. The van der Waals surface area contributed by atoms with Crippen molar-refractivity contribution in [3.8, 4) is 11.5 Å². The first-order chi connectivity index (χ1) is 27.3. The number of nitrogens with one attached hydrogen (secondary N) is 2. The predicted molar refractivity (Wildman–Crippen MR) is 228 cm³/mol. The maximum absolute atomic E-state index is 12.2. The van der Waals surface area contributed by atoms with E-state index in [1.807, 2.05) is 66.7 Å². The van der Waals surface area contributed by atoms with E-state index in [-0.39, 0.29) is 0 Å². The summed E-state index contributed by atoms with van der Waals surface area (Å²) in [5.41, 5.74) is 15.7. The largest absolute Gasteiger partial charge is 0.414 e. The third-order valence-corrected chi connectivity index (χ3v) is 9.40. The molecule has 57 heavy (non-hydrogen) atoms. The van der Waals surface area contributed by atoms with Gasteiger partial charge in [-0.3, -0.25) is 0 Å². The molecule has 12 nitrogen and oxygen atoms in total. The lowest BCUT2D eigenvalue weighted by molar-refractivity contribution is 0.170. The van der Waals surface area contributed by atoms with Gasteiger partial charge in [0.1, 0.15) is 23.1 Å². The number of hydrogen-bond acceptors (Lipinski definition) is 10. The molecular formula is C42H41Cl3N8O4. The quantitative estimate of drug-likeness (QED) is 0.0979. The Kier molecular flexibility index (Phi) is 14.4. The van der Waals surface area contributed by atoms with Gasteiger partial charge in [-0.2, -0.15) is 0 Å². The summed E-state index contributed by atoms with van der Waals surface area (Å²) in [6.07, 6.45) is 2.38. The van der Waals surface area contributed by atoms with Crippen LogP contribution in [-0.2, 0) is 0 Å². The minimum atomic E-state index is -0.524. The monoisotopic (exact) mass is 826 g/mol. The molecule has 6 N–H and O–H groups in total. The van der Waals surface area contributed by atoms with Crippen LogP contribution in [0.15, 0.2) is 128 Å². The highest BCUT2D eigenvalue weighted by atomic mass is 35.5. The molecule has 6 rings (SSSR count). The molecule has 0 fully saturated rings. The van der Waals surface area contributed by atoms with Gasteiger partial charge in [-0.15, -0.1) is 0 Å². The van der Waals surface area contributed by atoms with Crippen molar-refractivity contribution in [1.29, 1.82) is 0 Å². The zero-order chi connectivity index (χ0) is 41.1. The number of ether oxygens (including phenoxy) is 2. The van der Waals surface area contributed by atoms with Gasteiger partial charge in [0.15, 0.2) is 0 Å². The maximum Gasteiger partial charge on any atom is 0.414 e. The third kappa shape index (κ3) is 11.0. The molecule has 0 aliphatic rings. The third-order valence-electron chi connectivity index (χ3n) is 8.29. The van der Waals surface area contributed by atoms with Crippen LogP contribution in [0.5, 0.6) is 11.5 Å². The van der Waals surface area contributed by atoms with Gasteiger partial charge < -0.3 is 41.4 Å². The Morgan fingerprint density at radius 3 is 1.47 bits per heavy atom. The number of pyridine rings is 2. The van der Waals surface area contributed by atoms with E-state index < -0.39 is 24.3 Å². The molecule has 2 heterocycles. The van der Waals surface area contributed by atoms with Crippen molar-refractivity contribution in [2.45, 2.75) is 12.1 Å². The van der Waals surface area contributed by atoms with Crippen LogP contribution in [0.3, 0.4) is 0 Å². The molecule has 6 aromatic rings. The summed E-state index contributed by atoms with van der Waals surface area (Å²) in [6.45, 7) is 0. The van der Waals surface area contributed by atoms with Crippen LogP contribution < -0.4 is 31.6 Å². The average molecular weight is 828 g/mol. The second-order valence-corrected chi connectivity index (χ2v) is 14.0. The predicted octanol–water partition coefficient (Wildman–Crippen LogP) is 9.81. The van der Waals surface area contributed by atoms with E-state index in [2.05, 4.69) is 20.6 Å². The van der Waals surface area contributed by atoms with Crippen LogP contribution in [-0.4, -0.2) is 60.1 Å². The van der Waals surface area contributed by atoms with E-state index >= 15 is 0 Å². The maximum atomic E-state index is 12.2. The number of anilines is 4. The van der Waals surface area contributed by atoms with E-state index in [4.69, 9.17) is 55.7 Å². The van der Waals surface area contributed by atoms with E-state index in [1.54, 1.807) is 89.1 Å². The number of para-hydroxylation sites is 1. The van der Waals surface area contributed by atoms with Crippen LogP contribution in [0.2, 0.25) is 15.1 Å². The molecule has 2 amide bonds. The summed E-state index contributed by atoms with van der Waals surface area (Å²) < 4.78 is 11.1. The minimum Gasteiger partial charge on any atom is -0.410 e. The van der Waals surface area contributed by atoms with E-state index in [9.17, 15) is 9.59 Å². The topological polar surface area (TPSA) is 161 Å². The Labute approximate surface area is 346 Å². The highest BCUT2D eigenvalue weighted by Crippen LogP contribution is 2.40. The summed E-state index contributed by atoms with van der Waals surface area (Å²) >= 11 is 19.3. The van der Waals surface area contributed by atoms with Crippen LogP contribution in [0.25, 0.3) is 0 Å². The smallest absolute Gasteiger partial charge is 0.410 e. The second kappa shape index (κ2) is 19.6. The van der Waals surface area contributed by atoms with E-state index in [0.29, 0.717) is 60.7 Å². The number of amides is 2. The zero-order valence-electron chi connectivity index (χ0n) is 31.5. The van der Waals surface area contributed by atoms with Crippen LogP contribution in [0, 0.1) is 0 Å². The van der Waals surface area contributed by atoms with Crippen molar-refractivity contribution in [3.63, 3.8) is 0 Å². The molecule has 0 radical (unpaired) electrons. The molecule has 2 aromatic heterocycles. The van der Waals surface area contributed by atoms with E-state index in [0.717, 1.165) is 11.1 Å². The molecule has 0 bridgehead atoms. The van der Waals surface area contributed by atoms with Crippen molar-refractivity contribution >= 4 is 70.0 Å². The molecule has 4 aromatic carbocycles. The average Bonchev–Trinajstić information content (AvgIpc) is 3.20. The number of carbonyl (C=O) groups excluding carboxylic acids is 2. The van der Waals surface area contributed by atoms with Crippen molar-refractivity contribution in [1.82, 2.24) is 19.8 Å². The fourth-order valence-electron chi connectivity index (χ4n) is 5.44. The van der Waals surface area contributed by atoms with Crippen molar-refractivity contribution in [3.05, 3.63) is 165 Å². The number of benzene rings is 4. The van der Waals surface area contributed by atoms with Crippen molar-refractivity contribution < 1.29 is 19.1 Å². The lowest BCUT2D eigenvalue weighted by atomic mass is 9.97. The molecule has 0 saturated carbocycles. The molecule has 0 spiro atoms. The van der Waals surface area contributed by atoms with E-state index in [1.165, 1.54) is 9.80 Å². The first-order valence-corrected chi connectivity index (χ1v) is 18.6. The second-order valence-electron chi connectivity index (χ2n) is 12.8. The van der Waals surface area contributed by atoms with Gasteiger partial charge in [0.25, 0.3) is 0 Å². The normalized spacial score (nSPS) is 11.6. The fraction of sp³-hybridized carbons (Fsp3) is 0.143. The Bertz CT molecular complexity index is 2300. The lowest BCUT2D eigenvalue weighted by Crippen LogP contribution is -2.26. The molecular weight excluding hydrogens is 787 g/mol. The SMILES string of the molecule is CN(C)C(=O)Oc1ccc(Cl)cc1C(Nc1ccccn1)c1cccc(N)c1Cl.CN(C)C(=O)Oc1ccccc1C(Nc1ccccn1)c1cccc(N)c1Cl. The molecule has 0 aliphatic carbocycles. The van der Waals surface area contributed by atoms with Gasteiger partial charge in [-0.25, -0.2) is 19.6 Å². The van der Waals surface area contributed by atoms with Gasteiger partial charge in [-0.1, -0.05) is 89.4 Å². The minimum absolute atomic E-state index is 0.347. The Morgan fingerprint density at radius 1 is 0.561 bits per heavy atom. The number of nitrogen functional groups attached to an aromatic ring is 2. The summed E-state index contributed by atoms with van der Waals surface area (Å²) in [5, 5.41) is 8.01. The summed E-state index contributed by atoms with van der Waals surface area (Å²) in [5.74, 6) is 2.04. The van der Waals surface area contributed by atoms with Gasteiger partial charge in [0.05, 0.1) is 33.5 Å². The highest BCUT2D eigenvalue weighted by molar-refractivity contribution is 6.34. The Balaban J connectivity index is 0.000000218. The van der Waals surface area contributed by atoms with Crippen LogP contribution in [0.4, 0.5) is 32.6 Å². The first kappa shape index (κ1) is 41.9. The van der Waals surface area contributed by atoms with Crippen molar-refractivity contribution in [2.24, 2.45) is 0 Å². The van der Waals surface area contributed by atoms with Crippen LogP contribution >= 0.6 is 34.8 Å². The van der Waals surface area contributed by atoms with Gasteiger partial charge in [0, 0.05) is 56.7 Å². The number of nitrogens with zero attached hydrogens (tertiary/aromatic N) is 4. The van der Waals surface area contributed by atoms with Crippen LogP contribution in [0.1, 0.15) is 34.3 Å². The van der Waals surface area contributed by atoms with Crippen molar-refractivity contribution in [2.75, 3.05) is 50.3 Å². The van der Waals surface area contributed by atoms with Gasteiger partial charge in [-0.05, 0) is 71.8 Å². The number of rotatable bonds is 10. The molecule has 294 valence electrons. The molecule has 0 saturated heterocycles. The zero-order valence-corrected chi connectivity index (χ0v) is 33.8. The molecule has 15 heteroatoms. The lowest BCUT2D eigenvalue weighted by Gasteiger charge is -2.24. The summed E-state index contributed by atoms with van der Waals surface area (Å²) in [6, 6.07) is 33.2. The number of halogens is 3. The molecule has 2 atom stereocenters. The number of hydrogen-bond donors (Lipinski definition) is 4. The standard InChI is InChI=1S/C21H20Cl2N4O2.C21H21ClN4O2/c1-27(2)21(28)29-17-10-9-13(22)12-15(17)20(26-18-8-3-4-11-25-18)14-6-5-7-16(24)19(14)23;1-26(2)21(27)28-17-11-4-3-8-14(17)20(25-18-12-5-6-13-24-18)15-9-7-10-16(23)19(15)22/h3-12,20H,24H2,1-2H3,(H,25,26);3-13,20H,23H2,1-2H3,(H,24,25). The Morgan fingerprint density at radius 2 is 1.00 bits per heavy atom. The molecule has 2 unspecified atom stereocenters. The number of carbonyl (C=O) groups is 2. The highest BCUT2D eigenvalue weighted by Gasteiger charge is 2.26. The summed E-state index contributed by atoms with van der Waals surface area (Å²) in [7, 11) is 6.47. The fourth-order valence-corrected chi connectivity index (χ4v) is 6.09. The summed E-state index contributed by atoms with van der Waals surface area (Å²) in [4.78, 5) is 35.7. The number of aromatic nitrogens is 2.